The third kappa shape index (κ3) is 2.57. The van der Waals surface area contributed by atoms with Crippen LogP contribution in [0.5, 0.6) is 0 Å². The molecule has 2 rings (SSSR count). The Kier molecular flexibility index (Phi) is 3.16. The average Bonchev–Trinajstić information content (AvgIpc) is 2.31. The zero-order valence-corrected chi connectivity index (χ0v) is 9.40. The normalized spacial score (nSPS) is 10.1. The molecule has 0 aliphatic rings. The maximum atomic E-state index is 7.53. The molecular weight excluding hydrogens is 194 g/mol. The molecule has 0 unspecified atom stereocenters. The van der Waals surface area contributed by atoms with Crippen LogP contribution in [-0.2, 0) is 6.42 Å². The maximum Gasteiger partial charge on any atom is 0.0355 e. The second-order valence-corrected chi connectivity index (χ2v) is 3.98. The molecule has 0 aliphatic heterocycles. The van der Waals surface area contributed by atoms with Crippen LogP contribution in [0.1, 0.15) is 23.6 Å². The number of hydrogen-bond donors (Lipinski definition) is 1. The lowest BCUT2D eigenvalue weighted by molar-refractivity contribution is 1.19. The van der Waals surface area contributed by atoms with E-state index in [1.807, 2.05) is 25.1 Å². The van der Waals surface area contributed by atoms with E-state index in [0.29, 0.717) is 5.71 Å². The Morgan fingerprint density at radius 2 is 1.44 bits per heavy atom. The molecule has 1 nitrogen and oxygen atoms in total. The highest BCUT2D eigenvalue weighted by Crippen LogP contribution is 2.10. The number of rotatable bonds is 3. The fraction of sp³-hybridized carbons (Fsp3) is 0.133. The number of benzene rings is 2. The van der Waals surface area contributed by atoms with Gasteiger partial charge < -0.3 is 5.41 Å². The van der Waals surface area contributed by atoms with Gasteiger partial charge in [-0.05, 0) is 30.0 Å². The van der Waals surface area contributed by atoms with Crippen molar-refractivity contribution in [3.63, 3.8) is 0 Å². The van der Waals surface area contributed by atoms with Gasteiger partial charge in [0.05, 0.1) is 0 Å². The summed E-state index contributed by atoms with van der Waals surface area (Å²) in [5.74, 6) is 0. The van der Waals surface area contributed by atoms with Crippen LogP contribution in [0.25, 0.3) is 0 Å². The van der Waals surface area contributed by atoms with Gasteiger partial charge in [-0.2, -0.15) is 0 Å². The van der Waals surface area contributed by atoms with Crippen LogP contribution >= 0.6 is 0 Å². The number of hydrogen-bond acceptors (Lipinski definition) is 1. The fourth-order valence-corrected chi connectivity index (χ4v) is 1.70. The minimum Gasteiger partial charge on any atom is -0.305 e. The Morgan fingerprint density at radius 1 is 0.875 bits per heavy atom. The van der Waals surface area contributed by atoms with Gasteiger partial charge in [0.25, 0.3) is 0 Å². The van der Waals surface area contributed by atoms with Gasteiger partial charge in [-0.3, -0.25) is 0 Å². The molecule has 0 amide bonds. The first-order valence-electron chi connectivity index (χ1n) is 5.44. The van der Waals surface area contributed by atoms with E-state index in [1.165, 1.54) is 11.1 Å². The van der Waals surface area contributed by atoms with Crippen molar-refractivity contribution in [2.45, 2.75) is 13.3 Å². The van der Waals surface area contributed by atoms with Gasteiger partial charge in [0, 0.05) is 5.71 Å². The van der Waals surface area contributed by atoms with Gasteiger partial charge in [-0.25, -0.2) is 0 Å². The van der Waals surface area contributed by atoms with Crippen LogP contribution in [0.2, 0.25) is 0 Å². The molecule has 0 aliphatic carbocycles. The van der Waals surface area contributed by atoms with Crippen LogP contribution in [-0.4, -0.2) is 5.71 Å². The summed E-state index contributed by atoms with van der Waals surface area (Å²) < 4.78 is 0. The van der Waals surface area contributed by atoms with Crippen molar-refractivity contribution in [2.24, 2.45) is 0 Å². The highest BCUT2D eigenvalue weighted by Gasteiger charge is 1.97. The first-order valence-corrected chi connectivity index (χ1v) is 5.44. The summed E-state index contributed by atoms with van der Waals surface area (Å²) >= 11 is 0. The summed E-state index contributed by atoms with van der Waals surface area (Å²) in [5.41, 5.74) is 4.22. The lowest BCUT2D eigenvalue weighted by atomic mass is 10.0. The highest BCUT2D eigenvalue weighted by atomic mass is 14.4. The van der Waals surface area contributed by atoms with Crippen molar-refractivity contribution in [2.75, 3.05) is 0 Å². The minimum atomic E-state index is 0.617. The molecule has 80 valence electrons. The van der Waals surface area contributed by atoms with Gasteiger partial charge in [0.15, 0.2) is 0 Å². The largest absolute Gasteiger partial charge is 0.305 e. The number of nitrogens with one attached hydrogen (secondary N) is 1. The first kappa shape index (κ1) is 10.6. The molecule has 1 heteroatoms. The second kappa shape index (κ2) is 4.75. The van der Waals surface area contributed by atoms with E-state index in [2.05, 4.69) is 36.4 Å². The van der Waals surface area contributed by atoms with Gasteiger partial charge in [-0.15, -0.1) is 0 Å². The van der Waals surface area contributed by atoms with Crippen molar-refractivity contribution in [3.8, 4) is 0 Å². The van der Waals surface area contributed by atoms with E-state index >= 15 is 0 Å². The fourth-order valence-electron chi connectivity index (χ4n) is 1.70. The summed E-state index contributed by atoms with van der Waals surface area (Å²) in [6, 6.07) is 18.6. The van der Waals surface area contributed by atoms with Gasteiger partial charge in [0.2, 0.25) is 0 Å². The maximum absolute atomic E-state index is 7.53. The molecule has 2 aromatic rings. The molecular formula is C15H15N. The third-order valence-corrected chi connectivity index (χ3v) is 2.64. The molecule has 0 atom stereocenters. The molecule has 0 saturated heterocycles. The lowest BCUT2D eigenvalue weighted by Gasteiger charge is -2.03. The monoisotopic (exact) mass is 209 g/mol. The van der Waals surface area contributed by atoms with E-state index < -0.39 is 0 Å². The average molecular weight is 209 g/mol. The summed E-state index contributed by atoms with van der Waals surface area (Å²) in [6.45, 7) is 1.81. The van der Waals surface area contributed by atoms with E-state index in [-0.39, 0.29) is 0 Å². The predicted molar refractivity (Wildman–Crippen MR) is 68.2 cm³/mol. The summed E-state index contributed by atoms with van der Waals surface area (Å²) in [4.78, 5) is 0. The highest BCUT2D eigenvalue weighted by molar-refractivity contribution is 5.96. The Balaban J connectivity index is 2.14. The predicted octanol–water partition coefficient (Wildman–Crippen LogP) is 3.67. The molecule has 0 fully saturated rings. The van der Waals surface area contributed by atoms with Crippen LogP contribution in [0, 0.1) is 5.41 Å². The molecule has 0 radical (unpaired) electrons. The van der Waals surface area contributed by atoms with E-state index in [0.717, 1.165) is 12.0 Å². The Labute approximate surface area is 96.3 Å². The summed E-state index contributed by atoms with van der Waals surface area (Å²) in [5, 5.41) is 7.53. The zero-order chi connectivity index (χ0) is 11.4. The Hall–Kier alpha value is -1.89. The van der Waals surface area contributed by atoms with Gasteiger partial charge >= 0.3 is 0 Å². The standard InChI is InChI=1S/C15H15N/c1-12(16)15-9-7-14(8-10-15)11-13-5-3-2-4-6-13/h2-10,16H,11H2,1H3. The molecule has 0 heterocycles. The lowest BCUT2D eigenvalue weighted by Crippen LogP contribution is -1.93. The minimum absolute atomic E-state index is 0.617. The SMILES string of the molecule is CC(=N)c1ccc(Cc2ccccc2)cc1. The van der Waals surface area contributed by atoms with Gasteiger partial charge in [-0.1, -0.05) is 54.6 Å². The molecule has 0 spiro atoms. The third-order valence-electron chi connectivity index (χ3n) is 2.64. The first-order chi connectivity index (χ1) is 7.75. The van der Waals surface area contributed by atoms with Crippen LogP contribution in [0.15, 0.2) is 54.6 Å². The van der Waals surface area contributed by atoms with Crippen molar-refractivity contribution < 1.29 is 0 Å². The molecule has 0 bridgehead atoms. The van der Waals surface area contributed by atoms with Crippen LogP contribution in [0.3, 0.4) is 0 Å². The van der Waals surface area contributed by atoms with Crippen molar-refractivity contribution in [3.05, 3.63) is 71.3 Å². The molecule has 2 aromatic carbocycles. The quantitative estimate of drug-likeness (QED) is 0.746. The molecule has 0 saturated carbocycles. The second-order valence-electron chi connectivity index (χ2n) is 3.98. The summed E-state index contributed by atoms with van der Waals surface area (Å²) in [7, 11) is 0. The van der Waals surface area contributed by atoms with Crippen molar-refractivity contribution in [1.29, 1.82) is 5.41 Å². The van der Waals surface area contributed by atoms with E-state index in [1.54, 1.807) is 0 Å². The van der Waals surface area contributed by atoms with Crippen molar-refractivity contribution >= 4 is 5.71 Å². The smallest absolute Gasteiger partial charge is 0.0355 e. The molecule has 16 heavy (non-hydrogen) atoms. The van der Waals surface area contributed by atoms with E-state index in [9.17, 15) is 0 Å². The zero-order valence-electron chi connectivity index (χ0n) is 9.40. The van der Waals surface area contributed by atoms with E-state index in [4.69, 9.17) is 5.41 Å². The Morgan fingerprint density at radius 3 is 2.00 bits per heavy atom. The van der Waals surface area contributed by atoms with Crippen molar-refractivity contribution in [1.82, 2.24) is 0 Å². The Bertz CT molecular complexity index is 469. The van der Waals surface area contributed by atoms with Gasteiger partial charge in [0.1, 0.15) is 0 Å². The topological polar surface area (TPSA) is 23.9 Å². The van der Waals surface area contributed by atoms with Crippen LogP contribution in [0.4, 0.5) is 0 Å². The molecule has 1 N–H and O–H groups in total. The molecule has 0 aromatic heterocycles. The summed E-state index contributed by atoms with van der Waals surface area (Å²) in [6.07, 6.45) is 0.957. The van der Waals surface area contributed by atoms with Crippen LogP contribution < -0.4 is 0 Å².